The Morgan fingerprint density at radius 1 is 1.30 bits per heavy atom. The molecule has 20 heavy (non-hydrogen) atoms. The highest BCUT2D eigenvalue weighted by Crippen LogP contribution is 2.19. The van der Waals surface area contributed by atoms with Gasteiger partial charge in [0.05, 0.1) is 0 Å². The van der Waals surface area contributed by atoms with Crippen LogP contribution in [0.15, 0.2) is 42.0 Å². The van der Waals surface area contributed by atoms with E-state index in [1.54, 1.807) is 24.3 Å². The molecule has 1 N–H and O–H groups in total. The highest BCUT2D eigenvalue weighted by atomic mass is 33.1. The summed E-state index contributed by atoms with van der Waals surface area (Å²) in [6.45, 7) is 0. The van der Waals surface area contributed by atoms with Crippen LogP contribution in [-0.4, -0.2) is 5.91 Å². The number of halogens is 1. The fourth-order valence-corrected chi connectivity index (χ4v) is 2.18. The van der Waals surface area contributed by atoms with Gasteiger partial charge in [-0.15, -0.1) is 0 Å². The molecule has 2 aromatic carbocycles. The van der Waals surface area contributed by atoms with Crippen LogP contribution < -0.4 is 4.72 Å². The van der Waals surface area contributed by atoms with Crippen LogP contribution in [0, 0.1) is 17.1 Å². The van der Waals surface area contributed by atoms with E-state index >= 15 is 0 Å². The third-order valence-corrected chi connectivity index (χ3v) is 3.19. The van der Waals surface area contributed by atoms with Crippen LogP contribution >= 0.6 is 22.6 Å². The lowest BCUT2D eigenvalue weighted by Gasteiger charge is -2.02. The van der Waals surface area contributed by atoms with E-state index in [0.717, 1.165) is 16.4 Å². The first-order chi connectivity index (χ1) is 9.63. The van der Waals surface area contributed by atoms with Crippen LogP contribution in [0.3, 0.4) is 0 Å². The molecular weight excluding hydrogens is 295 g/mol. The molecule has 0 radical (unpaired) electrons. The number of rotatable bonds is 3. The molecule has 2 aromatic rings. The molecule has 0 spiro atoms. The smallest absolute Gasteiger partial charge is 0.272 e. The van der Waals surface area contributed by atoms with Crippen molar-refractivity contribution in [3.63, 3.8) is 0 Å². The van der Waals surface area contributed by atoms with E-state index in [9.17, 15) is 9.18 Å². The second-order valence-corrected chi connectivity index (χ2v) is 4.88. The molecule has 1 amide bonds. The van der Waals surface area contributed by atoms with Crippen molar-refractivity contribution >= 4 is 45.4 Å². The molecule has 0 aromatic heterocycles. The summed E-state index contributed by atoms with van der Waals surface area (Å²) < 4.78 is 15.5. The van der Waals surface area contributed by atoms with Gasteiger partial charge in [-0.2, -0.15) is 5.26 Å². The second-order valence-electron chi connectivity index (χ2n) is 3.94. The Kier molecular flexibility index (Phi) is 4.66. The lowest BCUT2D eigenvalue weighted by Crippen LogP contribution is -2.15. The average molecular weight is 304 g/mol. The van der Waals surface area contributed by atoms with Crippen molar-refractivity contribution in [3.8, 4) is 6.07 Å². The fraction of sp³-hybridized carbons (Fsp3) is 0. The zero-order valence-electron chi connectivity index (χ0n) is 10.1. The maximum absolute atomic E-state index is 13.2. The molecule has 6 heteroatoms. The minimum atomic E-state index is -0.521. The number of nitriles is 1. The number of amides is 1. The Morgan fingerprint density at radius 3 is 2.75 bits per heavy atom. The summed E-state index contributed by atoms with van der Waals surface area (Å²) in [6.07, 6.45) is 1.45. The van der Waals surface area contributed by atoms with E-state index in [4.69, 9.17) is 5.26 Å². The first-order valence-electron chi connectivity index (χ1n) is 5.56. The van der Waals surface area contributed by atoms with Crippen LogP contribution in [0.4, 0.5) is 4.39 Å². The quantitative estimate of drug-likeness (QED) is 0.300. The van der Waals surface area contributed by atoms with Gasteiger partial charge in [-0.25, -0.2) is 4.39 Å². The zero-order chi connectivity index (χ0) is 14.5. The maximum atomic E-state index is 13.2. The van der Waals surface area contributed by atoms with Gasteiger partial charge in [0, 0.05) is 11.0 Å². The van der Waals surface area contributed by atoms with Crippen LogP contribution in [0.25, 0.3) is 16.8 Å². The summed E-state index contributed by atoms with van der Waals surface area (Å²) in [4.78, 5) is 11.6. The van der Waals surface area contributed by atoms with Gasteiger partial charge in [0.25, 0.3) is 5.91 Å². The first kappa shape index (κ1) is 14.4. The number of hydrogen-bond acceptors (Lipinski definition) is 4. The van der Waals surface area contributed by atoms with Gasteiger partial charge >= 0.3 is 0 Å². The molecule has 0 fully saturated rings. The molecule has 0 saturated carbocycles. The van der Waals surface area contributed by atoms with Gasteiger partial charge in [-0.3, -0.25) is 9.52 Å². The Morgan fingerprint density at radius 2 is 2.05 bits per heavy atom. The summed E-state index contributed by atoms with van der Waals surface area (Å²) in [5.41, 5.74) is 0.612. The van der Waals surface area contributed by atoms with E-state index in [2.05, 4.69) is 16.4 Å². The lowest BCUT2D eigenvalue weighted by atomic mass is 10.0. The summed E-state index contributed by atoms with van der Waals surface area (Å²) in [7, 11) is 0.822. The summed E-state index contributed by atoms with van der Waals surface area (Å²) in [6, 6.07) is 11.6. The number of nitrogens with one attached hydrogen (secondary N) is 1. The van der Waals surface area contributed by atoms with Crippen molar-refractivity contribution < 1.29 is 9.18 Å². The van der Waals surface area contributed by atoms with Gasteiger partial charge < -0.3 is 0 Å². The average Bonchev–Trinajstić information content (AvgIpc) is 2.44. The van der Waals surface area contributed by atoms with Crippen molar-refractivity contribution in [2.24, 2.45) is 0 Å². The highest BCUT2D eigenvalue weighted by Gasteiger charge is 2.08. The summed E-state index contributed by atoms with van der Waals surface area (Å²) in [5.74, 6) is -0.852. The predicted molar refractivity (Wildman–Crippen MR) is 82.2 cm³/mol. The monoisotopic (exact) mass is 304 g/mol. The van der Waals surface area contributed by atoms with Crippen molar-refractivity contribution in [1.82, 2.24) is 4.72 Å². The number of carbonyl (C=O) groups is 1. The van der Waals surface area contributed by atoms with Crippen molar-refractivity contribution in [3.05, 3.63) is 53.4 Å². The fourth-order valence-electron chi connectivity index (χ4n) is 1.74. The Labute approximate surface area is 124 Å². The van der Waals surface area contributed by atoms with E-state index in [-0.39, 0.29) is 11.4 Å². The third kappa shape index (κ3) is 3.32. The minimum Gasteiger partial charge on any atom is -0.286 e. The molecule has 0 unspecified atom stereocenters. The number of benzene rings is 2. The van der Waals surface area contributed by atoms with Crippen molar-refractivity contribution in [2.75, 3.05) is 0 Å². The minimum absolute atomic E-state index is 0.0395. The Hall–Kier alpha value is -1.97. The Bertz CT molecular complexity index is 738. The number of hydrogen-bond donors (Lipinski definition) is 2. The molecule has 3 nitrogen and oxygen atoms in total. The van der Waals surface area contributed by atoms with Crippen LogP contribution in [0.1, 0.15) is 5.56 Å². The van der Waals surface area contributed by atoms with E-state index in [0.29, 0.717) is 10.9 Å². The normalized spacial score (nSPS) is 11.2. The van der Waals surface area contributed by atoms with Crippen LogP contribution in [0.2, 0.25) is 0 Å². The predicted octanol–water partition coefficient (Wildman–Crippen LogP) is 3.50. The highest BCUT2D eigenvalue weighted by molar-refractivity contribution is 8.68. The lowest BCUT2D eigenvalue weighted by molar-refractivity contribution is -0.115. The van der Waals surface area contributed by atoms with Gasteiger partial charge in [0.2, 0.25) is 0 Å². The summed E-state index contributed by atoms with van der Waals surface area (Å²) in [5, 5.41) is 10.6. The zero-order valence-corrected chi connectivity index (χ0v) is 11.8. The number of nitrogens with zero attached hydrogens (tertiary/aromatic N) is 1. The van der Waals surface area contributed by atoms with E-state index in [1.807, 2.05) is 6.07 Å². The van der Waals surface area contributed by atoms with Crippen LogP contribution in [-0.2, 0) is 4.79 Å². The number of fused-ring (bicyclic) bond motifs is 1. The van der Waals surface area contributed by atoms with Gasteiger partial charge in [0.1, 0.15) is 17.5 Å². The SMILES string of the molecule is N#C/C(=C\c1ccc2ccc(F)cc2c1)C(=O)NSS. The van der Waals surface area contributed by atoms with E-state index in [1.165, 1.54) is 18.2 Å². The molecular formula is C14H9FN2OS2. The molecule has 2 rings (SSSR count). The van der Waals surface area contributed by atoms with Gasteiger partial charge in [-0.05, 0) is 40.6 Å². The molecule has 100 valence electrons. The standard InChI is InChI=1S/C14H9FN2OS2/c15-13-4-3-10-2-1-9(5-11(10)7-13)6-12(8-16)14(18)17-20-19/h1-7,19H,(H,17,18)/b12-6+. The van der Waals surface area contributed by atoms with Crippen molar-refractivity contribution in [1.29, 1.82) is 5.26 Å². The second kappa shape index (κ2) is 6.46. The van der Waals surface area contributed by atoms with E-state index < -0.39 is 5.91 Å². The largest absolute Gasteiger partial charge is 0.286 e. The topological polar surface area (TPSA) is 52.9 Å². The first-order valence-corrected chi connectivity index (χ1v) is 7.43. The van der Waals surface area contributed by atoms with Gasteiger partial charge in [-0.1, -0.05) is 29.9 Å². The molecule has 0 aliphatic rings. The van der Waals surface area contributed by atoms with Crippen LogP contribution in [0.5, 0.6) is 0 Å². The third-order valence-electron chi connectivity index (χ3n) is 2.64. The molecule has 0 heterocycles. The molecule has 0 aliphatic carbocycles. The number of thiol groups is 1. The molecule has 0 atom stereocenters. The molecule has 0 bridgehead atoms. The number of carbonyl (C=O) groups excluding carboxylic acids is 1. The molecule has 0 aliphatic heterocycles. The van der Waals surface area contributed by atoms with Gasteiger partial charge in [0.15, 0.2) is 0 Å². The van der Waals surface area contributed by atoms with Crippen molar-refractivity contribution in [2.45, 2.75) is 0 Å². The maximum Gasteiger partial charge on any atom is 0.272 e. The summed E-state index contributed by atoms with van der Waals surface area (Å²) >= 11 is 3.79. The Balaban J connectivity index is 2.42. The molecule has 0 saturated heterocycles.